The molecule has 2 amide bonds. The largest absolute Gasteiger partial charge is 0.483 e. The molecular weight excluding hydrogens is 437 g/mol. The molecule has 0 radical (unpaired) electrons. The van der Waals surface area contributed by atoms with Crippen molar-refractivity contribution >= 4 is 11.8 Å². The summed E-state index contributed by atoms with van der Waals surface area (Å²) in [6.07, 6.45) is 3.24. The molecule has 7 nitrogen and oxygen atoms in total. The van der Waals surface area contributed by atoms with Gasteiger partial charge in [0.2, 0.25) is 5.43 Å². The standard InChI is InChI=1S/C26H24FN3O4/c27-19-10-8-17(9-11-19)13-28-25(32)21-15-29-14-20-7-4-12-30(20)26(33)22(29)24(23(21)31)34-16-18-5-2-1-3-6-18/h1-3,5-6,8-11,15,20H,4,7,12-14,16H2,(H,28,32)/t20-/m1/s1. The van der Waals surface area contributed by atoms with Gasteiger partial charge in [-0.25, -0.2) is 4.39 Å². The molecule has 5 rings (SSSR count). The molecule has 8 heteroatoms. The quantitative estimate of drug-likeness (QED) is 0.612. The number of fused-ring (bicyclic) bond motifs is 2. The van der Waals surface area contributed by atoms with E-state index in [9.17, 15) is 18.8 Å². The summed E-state index contributed by atoms with van der Waals surface area (Å²) in [5.41, 5.74) is 1.02. The van der Waals surface area contributed by atoms with Crippen LogP contribution in [0.2, 0.25) is 0 Å². The molecule has 174 valence electrons. The third-order valence-electron chi connectivity index (χ3n) is 6.32. The van der Waals surface area contributed by atoms with Gasteiger partial charge in [0.15, 0.2) is 11.4 Å². The zero-order valence-corrected chi connectivity index (χ0v) is 18.5. The van der Waals surface area contributed by atoms with Gasteiger partial charge in [-0.05, 0) is 36.1 Å². The van der Waals surface area contributed by atoms with E-state index >= 15 is 0 Å². The molecule has 1 fully saturated rings. The van der Waals surface area contributed by atoms with Gasteiger partial charge in [-0.1, -0.05) is 42.5 Å². The molecule has 1 saturated heterocycles. The van der Waals surface area contributed by atoms with Crippen LogP contribution in [0.25, 0.3) is 0 Å². The number of benzene rings is 2. The summed E-state index contributed by atoms with van der Waals surface area (Å²) in [5, 5.41) is 2.72. The van der Waals surface area contributed by atoms with Crippen LogP contribution in [-0.4, -0.2) is 33.9 Å². The van der Waals surface area contributed by atoms with Crippen molar-refractivity contribution in [3.8, 4) is 5.75 Å². The number of pyridine rings is 1. The smallest absolute Gasteiger partial charge is 0.274 e. The fourth-order valence-electron chi connectivity index (χ4n) is 4.56. The van der Waals surface area contributed by atoms with E-state index in [1.54, 1.807) is 21.6 Å². The molecular formula is C26H24FN3O4. The van der Waals surface area contributed by atoms with Gasteiger partial charge in [0.05, 0.1) is 6.04 Å². The Morgan fingerprint density at radius 1 is 1.06 bits per heavy atom. The first kappa shape index (κ1) is 21.9. The minimum absolute atomic E-state index is 0.0413. The van der Waals surface area contributed by atoms with Crippen molar-refractivity contribution in [2.75, 3.05) is 6.54 Å². The summed E-state index contributed by atoms with van der Waals surface area (Å²) in [5.74, 6) is -1.29. The number of amides is 2. The maximum Gasteiger partial charge on any atom is 0.274 e. The molecule has 1 aromatic heterocycles. The number of nitrogens with zero attached hydrogens (tertiary/aromatic N) is 2. The molecule has 0 saturated carbocycles. The fraction of sp³-hybridized carbons (Fsp3) is 0.269. The second kappa shape index (κ2) is 9.13. The Morgan fingerprint density at radius 3 is 2.59 bits per heavy atom. The summed E-state index contributed by atoms with van der Waals surface area (Å²) < 4.78 is 20.7. The van der Waals surface area contributed by atoms with Gasteiger partial charge in [-0.15, -0.1) is 0 Å². The van der Waals surface area contributed by atoms with Gasteiger partial charge in [-0.3, -0.25) is 14.4 Å². The van der Waals surface area contributed by atoms with Crippen LogP contribution in [0.1, 0.15) is 44.8 Å². The van der Waals surface area contributed by atoms with E-state index in [4.69, 9.17) is 4.74 Å². The summed E-state index contributed by atoms with van der Waals surface area (Å²) >= 11 is 0. The van der Waals surface area contributed by atoms with E-state index in [0.29, 0.717) is 18.7 Å². The van der Waals surface area contributed by atoms with Crippen molar-refractivity contribution in [3.63, 3.8) is 0 Å². The van der Waals surface area contributed by atoms with E-state index in [0.717, 1.165) is 18.4 Å². The first-order valence-corrected chi connectivity index (χ1v) is 11.3. The van der Waals surface area contributed by atoms with Crippen LogP contribution in [0.5, 0.6) is 5.75 Å². The molecule has 0 aliphatic carbocycles. The number of carbonyl (C=O) groups excluding carboxylic acids is 2. The third kappa shape index (κ3) is 4.19. The second-order valence-electron chi connectivity index (χ2n) is 8.58. The van der Waals surface area contributed by atoms with Crippen molar-refractivity contribution in [1.82, 2.24) is 14.8 Å². The molecule has 1 atom stereocenters. The van der Waals surface area contributed by atoms with E-state index in [2.05, 4.69) is 5.32 Å². The van der Waals surface area contributed by atoms with Gasteiger partial charge in [-0.2, -0.15) is 0 Å². The zero-order valence-electron chi connectivity index (χ0n) is 18.5. The number of nitrogens with one attached hydrogen (secondary N) is 1. The van der Waals surface area contributed by atoms with Crippen LogP contribution in [-0.2, 0) is 19.7 Å². The van der Waals surface area contributed by atoms with Crippen molar-refractivity contribution < 1.29 is 18.7 Å². The highest BCUT2D eigenvalue weighted by atomic mass is 19.1. The topological polar surface area (TPSA) is 80.6 Å². The minimum Gasteiger partial charge on any atom is -0.483 e. The molecule has 0 spiro atoms. The van der Waals surface area contributed by atoms with Crippen molar-refractivity contribution in [3.05, 3.63) is 99.2 Å². The lowest BCUT2D eigenvalue weighted by Crippen LogP contribution is -2.46. The van der Waals surface area contributed by atoms with Crippen LogP contribution in [0.3, 0.4) is 0 Å². The summed E-state index contributed by atoms with van der Waals surface area (Å²) in [7, 11) is 0. The monoisotopic (exact) mass is 461 g/mol. The Labute approximate surface area is 195 Å². The SMILES string of the molecule is O=C(NCc1ccc(F)cc1)c1cn2c(c(OCc3ccccc3)c1=O)C(=O)N1CCC[C@@H]1C2. The average molecular weight is 461 g/mol. The highest BCUT2D eigenvalue weighted by molar-refractivity contribution is 5.99. The Bertz CT molecular complexity index is 1290. The molecule has 2 aliphatic rings. The lowest BCUT2D eigenvalue weighted by Gasteiger charge is -2.33. The number of hydrogen-bond donors (Lipinski definition) is 1. The molecule has 3 aromatic rings. The van der Waals surface area contributed by atoms with Gasteiger partial charge >= 0.3 is 0 Å². The molecule has 34 heavy (non-hydrogen) atoms. The Balaban J connectivity index is 1.48. The van der Waals surface area contributed by atoms with Crippen LogP contribution < -0.4 is 15.5 Å². The number of halogens is 1. The number of carbonyl (C=O) groups is 2. The maximum atomic E-state index is 13.4. The van der Waals surface area contributed by atoms with Crippen molar-refractivity contribution in [2.45, 2.75) is 38.6 Å². The zero-order chi connectivity index (χ0) is 23.7. The van der Waals surface area contributed by atoms with Gasteiger partial charge in [0.25, 0.3) is 11.8 Å². The molecule has 1 N–H and O–H groups in total. The lowest BCUT2D eigenvalue weighted by molar-refractivity contribution is 0.0655. The molecule has 3 heterocycles. The van der Waals surface area contributed by atoms with Crippen LogP contribution >= 0.6 is 0 Å². The molecule has 0 unspecified atom stereocenters. The number of ether oxygens (including phenoxy) is 1. The third-order valence-corrected chi connectivity index (χ3v) is 6.32. The number of hydrogen-bond acceptors (Lipinski definition) is 4. The predicted molar refractivity (Wildman–Crippen MR) is 123 cm³/mol. The maximum absolute atomic E-state index is 13.4. The van der Waals surface area contributed by atoms with Crippen LogP contribution in [0.15, 0.2) is 65.6 Å². The Morgan fingerprint density at radius 2 is 1.82 bits per heavy atom. The first-order valence-electron chi connectivity index (χ1n) is 11.3. The minimum atomic E-state index is -0.621. The molecule has 2 aromatic carbocycles. The normalized spacial score (nSPS) is 16.7. The van der Waals surface area contributed by atoms with E-state index in [1.165, 1.54) is 18.3 Å². The van der Waals surface area contributed by atoms with Gasteiger partial charge in [0.1, 0.15) is 18.0 Å². The van der Waals surface area contributed by atoms with Crippen LogP contribution in [0.4, 0.5) is 4.39 Å². The molecule has 2 aliphatic heterocycles. The Kier molecular flexibility index (Phi) is 5.88. The van der Waals surface area contributed by atoms with Gasteiger partial charge in [0, 0.05) is 25.8 Å². The fourth-order valence-corrected chi connectivity index (χ4v) is 4.56. The van der Waals surface area contributed by atoms with Crippen LogP contribution in [0, 0.1) is 5.82 Å². The van der Waals surface area contributed by atoms with E-state index < -0.39 is 11.3 Å². The average Bonchev–Trinajstić information content (AvgIpc) is 3.32. The highest BCUT2D eigenvalue weighted by Gasteiger charge is 2.39. The lowest BCUT2D eigenvalue weighted by atomic mass is 10.1. The Hall–Kier alpha value is -3.94. The van der Waals surface area contributed by atoms with Gasteiger partial charge < -0.3 is 19.5 Å². The predicted octanol–water partition coefficient (Wildman–Crippen LogP) is 3.11. The second-order valence-corrected chi connectivity index (χ2v) is 8.58. The van der Waals surface area contributed by atoms with Crippen molar-refractivity contribution in [2.24, 2.45) is 0 Å². The molecule has 0 bridgehead atoms. The highest BCUT2D eigenvalue weighted by Crippen LogP contribution is 2.30. The summed E-state index contributed by atoms with van der Waals surface area (Å²) in [6, 6.07) is 15.1. The first-order chi connectivity index (χ1) is 16.5. The number of rotatable bonds is 6. The van der Waals surface area contributed by atoms with E-state index in [-0.39, 0.29) is 47.9 Å². The van der Waals surface area contributed by atoms with E-state index in [1.807, 2.05) is 30.3 Å². The summed E-state index contributed by atoms with van der Waals surface area (Å²) in [4.78, 5) is 41.4. The number of aromatic nitrogens is 1. The summed E-state index contributed by atoms with van der Waals surface area (Å²) in [6.45, 7) is 1.38. The van der Waals surface area contributed by atoms with Crippen molar-refractivity contribution in [1.29, 1.82) is 0 Å².